The van der Waals surface area contributed by atoms with E-state index in [2.05, 4.69) is 28.7 Å². The summed E-state index contributed by atoms with van der Waals surface area (Å²) in [5.74, 6) is 0. The van der Waals surface area contributed by atoms with Gasteiger partial charge in [0, 0.05) is 0 Å². The lowest BCUT2D eigenvalue weighted by atomic mass is 10.1. The first-order valence-electron chi connectivity index (χ1n) is 6.64. The molecule has 0 radical (unpaired) electrons. The number of amidine groups is 1. The Kier molecular flexibility index (Phi) is 5.74. The molecule has 1 atom stereocenters. The van der Waals surface area contributed by atoms with E-state index >= 15 is 0 Å². The van der Waals surface area contributed by atoms with Crippen LogP contribution in [0.3, 0.4) is 0 Å². The number of unbranched alkanes of at least 4 members (excludes halogenated alkanes) is 3. The lowest BCUT2D eigenvalue weighted by Gasteiger charge is -2.15. The molecule has 0 spiro atoms. The highest BCUT2D eigenvalue weighted by Gasteiger charge is 2.16. The maximum atomic E-state index is 6.07. The molecule has 5 heteroatoms. The van der Waals surface area contributed by atoms with Crippen molar-refractivity contribution >= 4 is 45.5 Å². The number of hydrogen-bond acceptors (Lipinski definition) is 3. The molecule has 0 amide bonds. The van der Waals surface area contributed by atoms with Crippen LogP contribution >= 0.6 is 34.5 Å². The van der Waals surface area contributed by atoms with Crippen molar-refractivity contribution in [1.82, 2.24) is 5.32 Å². The zero-order chi connectivity index (χ0) is 13.7. The number of nitrogens with one attached hydrogen (secondary N) is 1. The summed E-state index contributed by atoms with van der Waals surface area (Å²) in [5, 5.41) is 5.33. The molecule has 104 valence electrons. The number of rotatable bonds is 6. The summed E-state index contributed by atoms with van der Waals surface area (Å²) in [7, 11) is 0. The van der Waals surface area contributed by atoms with Gasteiger partial charge in [-0.25, -0.2) is 4.99 Å². The van der Waals surface area contributed by atoms with Gasteiger partial charge in [0.25, 0.3) is 0 Å². The van der Waals surface area contributed by atoms with Crippen molar-refractivity contribution in [2.45, 2.75) is 44.5 Å². The molecule has 0 aromatic carbocycles. The first kappa shape index (κ1) is 14.9. The molecule has 1 aromatic heterocycles. The van der Waals surface area contributed by atoms with Crippen LogP contribution in [0.1, 0.15) is 43.0 Å². The highest BCUT2D eigenvalue weighted by Crippen LogP contribution is 2.30. The van der Waals surface area contributed by atoms with E-state index in [0.29, 0.717) is 5.29 Å². The molecule has 0 saturated carbocycles. The van der Waals surface area contributed by atoms with Crippen molar-refractivity contribution in [2.24, 2.45) is 4.99 Å². The average molecular weight is 317 g/mol. The van der Waals surface area contributed by atoms with Crippen molar-refractivity contribution in [1.29, 1.82) is 0 Å². The van der Waals surface area contributed by atoms with Crippen LogP contribution in [0.15, 0.2) is 22.5 Å². The van der Waals surface area contributed by atoms with Crippen molar-refractivity contribution in [3.8, 4) is 0 Å². The van der Waals surface area contributed by atoms with E-state index in [1.54, 1.807) is 11.3 Å². The molecule has 1 unspecified atom stereocenters. The van der Waals surface area contributed by atoms with Crippen LogP contribution in [0, 0.1) is 0 Å². The fourth-order valence-corrected chi connectivity index (χ4v) is 3.51. The summed E-state index contributed by atoms with van der Waals surface area (Å²) >= 11 is 13.7. The van der Waals surface area contributed by atoms with Gasteiger partial charge in [-0.3, -0.25) is 0 Å². The maximum Gasteiger partial charge on any atom is 0.197 e. The SMILES string of the molecule is CCCCCCc1ccsc1C1=CC(Cl)NC(Cl)=N1. The zero-order valence-corrected chi connectivity index (χ0v) is 13.3. The quantitative estimate of drug-likeness (QED) is 0.447. The first-order valence-corrected chi connectivity index (χ1v) is 8.33. The van der Waals surface area contributed by atoms with Gasteiger partial charge in [-0.2, -0.15) is 0 Å². The fraction of sp³-hybridized carbons (Fsp3) is 0.500. The van der Waals surface area contributed by atoms with Gasteiger partial charge in [-0.05, 0) is 47.5 Å². The maximum absolute atomic E-state index is 6.07. The van der Waals surface area contributed by atoms with Crippen molar-refractivity contribution in [3.05, 3.63) is 28.0 Å². The number of halogens is 2. The second-order valence-corrected chi connectivity index (χ2v) is 6.33. The highest BCUT2D eigenvalue weighted by molar-refractivity contribution is 7.11. The summed E-state index contributed by atoms with van der Waals surface area (Å²) in [6.07, 6.45) is 8.10. The number of aryl methyl sites for hydroxylation is 1. The van der Waals surface area contributed by atoms with Gasteiger partial charge < -0.3 is 5.32 Å². The fourth-order valence-electron chi connectivity index (χ4n) is 2.10. The lowest BCUT2D eigenvalue weighted by Crippen LogP contribution is -2.28. The van der Waals surface area contributed by atoms with E-state index in [-0.39, 0.29) is 5.50 Å². The average Bonchev–Trinajstić information content (AvgIpc) is 2.82. The molecule has 1 aromatic rings. The Morgan fingerprint density at radius 3 is 2.95 bits per heavy atom. The van der Waals surface area contributed by atoms with E-state index < -0.39 is 0 Å². The Hall–Kier alpha value is -0.510. The van der Waals surface area contributed by atoms with Gasteiger partial charge in [0.2, 0.25) is 0 Å². The molecule has 1 aliphatic heterocycles. The van der Waals surface area contributed by atoms with Crippen LogP contribution in [0.2, 0.25) is 0 Å². The minimum Gasteiger partial charge on any atom is -0.341 e. The van der Waals surface area contributed by atoms with E-state index in [0.717, 1.165) is 12.1 Å². The number of thiophene rings is 1. The minimum atomic E-state index is -0.282. The summed E-state index contributed by atoms with van der Waals surface area (Å²) < 4.78 is 0. The Bertz CT molecular complexity index is 480. The number of hydrogen-bond donors (Lipinski definition) is 1. The molecule has 0 bridgehead atoms. The van der Waals surface area contributed by atoms with Gasteiger partial charge in [0.1, 0.15) is 5.50 Å². The van der Waals surface area contributed by atoms with Crippen LogP contribution < -0.4 is 5.32 Å². The van der Waals surface area contributed by atoms with Crippen molar-refractivity contribution in [3.63, 3.8) is 0 Å². The topological polar surface area (TPSA) is 24.4 Å². The predicted molar refractivity (Wildman–Crippen MR) is 86.2 cm³/mol. The van der Waals surface area contributed by atoms with Crippen LogP contribution in [-0.4, -0.2) is 10.8 Å². The second-order valence-electron chi connectivity index (χ2n) is 4.59. The molecule has 2 rings (SSSR count). The Morgan fingerprint density at radius 1 is 1.37 bits per heavy atom. The van der Waals surface area contributed by atoms with Crippen LogP contribution in [0.4, 0.5) is 0 Å². The Balaban J connectivity index is 2.07. The normalized spacial score (nSPS) is 18.8. The minimum absolute atomic E-state index is 0.282. The van der Waals surface area contributed by atoms with Crippen LogP contribution in [-0.2, 0) is 6.42 Å². The molecule has 19 heavy (non-hydrogen) atoms. The Morgan fingerprint density at radius 2 is 2.21 bits per heavy atom. The molecule has 1 N–H and O–H groups in total. The zero-order valence-electron chi connectivity index (χ0n) is 11.0. The third kappa shape index (κ3) is 4.23. The van der Waals surface area contributed by atoms with Crippen molar-refractivity contribution in [2.75, 3.05) is 0 Å². The number of aliphatic imine (C=N–C) groups is 1. The van der Waals surface area contributed by atoms with Gasteiger partial charge in [0.05, 0.1) is 10.6 Å². The number of alkyl halides is 1. The third-order valence-electron chi connectivity index (χ3n) is 3.06. The Labute approximate surface area is 128 Å². The van der Waals surface area contributed by atoms with Gasteiger partial charge in [0.15, 0.2) is 5.29 Å². The third-order valence-corrected chi connectivity index (χ3v) is 4.47. The van der Waals surface area contributed by atoms with E-state index in [1.807, 2.05) is 6.08 Å². The summed E-state index contributed by atoms with van der Waals surface area (Å²) in [6, 6.07) is 2.18. The standard InChI is InChI=1S/C14H18Cl2N2S/c1-2-3-4-5-6-10-7-8-19-13(10)11-9-12(15)18-14(16)17-11/h7-9,12H,2-6H2,1H3,(H,17,18). The molecular formula is C14H18Cl2N2S. The molecule has 2 heterocycles. The molecule has 1 aliphatic rings. The lowest BCUT2D eigenvalue weighted by molar-refractivity contribution is 0.667. The smallest absolute Gasteiger partial charge is 0.197 e. The van der Waals surface area contributed by atoms with Crippen LogP contribution in [0.25, 0.3) is 5.70 Å². The summed E-state index contributed by atoms with van der Waals surface area (Å²) in [6.45, 7) is 2.23. The van der Waals surface area contributed by atoms with Crippen LogP contribution in [0.5, 0.6) is 0 Å². The van der Waals surface area contributed by atoms with E-state index in [9.17, 15) is 0 Å². The van der Waals surface area contributed by atoms with Gasteiger partial charge in [-0.15, -0.1) is 11.3 Å². The van der Waals surface area contributed by atoms with E-state index in [4.69, 9.17) is 23.2 Å². The number of nitrogens with zero attached hydrogens (tertiary/aromatic N) is 1. The second kappa shape index (κ2) is 7.32. The molecule has 0 saturated heterocycles. The molecule has 0 fully saturated rings. The van der Waals surface area contributed by atoms with Gasteiger partial charge in [-0.1, -0.05) is 37.8 Å². The largest absolute Gasteiger partial charge is 0.341 e. The molecule has 0 aliphatic carbocycles. The first-order chi connectivity index (χ1) is 9.20. The predicted octanol–water partition coefficient (Wildman–Crippen LogP) is 4.97. The summed E-state index contributed by atoms with van der Waals surface area (Å²) in [4.78, 5) is 5.53. The summed E-state index contributed by atoms with van der Waals surface area (Å²) in [5.41, 5.74) is 1.96. The molecular weight excluding hydrogens is 299 g/mol. The highest BCUT2D eigenvalue weighted by atomic mass is 35.5. The molecule has 2 nitrogen and oxygen atoms in total. The van der Waals surface area contributed by atoms with Crippen molar-refractivity contribution < 1.29 is 0 Å². The van der Waals surface area contributed by atoms with Gasteiger partial charge >= 0.3 is 0 Å². The monoisotopic (exact) mass is 316 g/mol. The van der Waals surface area contributed by atoms with E-state index in [1.165, 1.54) is 36.1 Å².